The molecule has 14 heavy (non-hydrogen) atoms. The number of hydrogen-bond acceptors (Lipinski definition) is 3. The van der Waals surface area contributed by atoms with Crippen molar-refractivity contribution in [1.82, 2.24) is 5.32 Å². The molecule has 3 nitrogen and oxygen atoms in total. The first-order valence-electron chi connectivity index (χ1n) is 5.45. The van der Waals surface area contributed by atoms with Crippen LogP contribution in [0.4, 0.5) is 0 Å². The number of sulfone groups is 1. The summed E-state index contributed by atoms with van der Waals surface area (Å²) in [7, 11) is -0.658. The van der Waals surface area contributed by atoms with Crippen molar-refractivity contribution in [1.29, 1.82) is 0 Å². The van der Waals surface area contributed by atoms with Crippen molar-refractivity contribution in [3.05, 3.63) is 0 Å². The Bertz CT molecular complexity index is 306. The molecule has 4 heteroatoms. The summed E-state index contributed by atoms with van der Waals surface area (Å²) < 4.78 is 22.5. The van der Waals surface area contributed by atoms with E-state index in [2.05, 4.69) is 5.32 Å². The third-order valence-corrected chi connectivity index (χ3v) is 5.58. The molecule has 82 valence electrons. The maximum atomic E-state index is 11.2. The summed E-state index contributed by atoms with van der Waals surface area (Å²) in [6, 6.07) is 0. The second-order valence-electron chi connectivity index (χ2n) is 4.84. The molecule has 1 saturated carbocycles. The Labute approximate surface area is 86.2 Å². The summed E-state index contributed by atoms with van der Waals surface area (Å²) in [5, 5.41) is 3.35. The molecule has 2 aliphatic rings. The van der Waals surface area contributed by atoms with Crippen molar-refractivity contribution >= 4 is 9.84 Å². The van der Waals surface area contributed by atoms with Gasteiger partial charge in [0.05, 0.1) is 11.5 Å². The molecule has 1 saturated heterocycles. The van der Waals surface area contributed by atoms with E-state index >= 15 is 0 Å². The number of nitrogens with one attached hydrogen (secondary N) is 1. The predicted octanol–water partition coefficient (Wildman–Crippen LogP) is 0.953. The van der Waals surface area contributed by atoms with Crippen LogP contribution >= 0.6 is 0 Å². The summed E-state index contributed by atoms with van der Waals surface area (Å²) in [5.74, 6) is 1.29. The van der Waals surface area contributed by atoms with Crippen LogP contribution < -0.4 is 5.32 Å². The van der Waals surface area contributed by atoms with E-state index < -0.39 is 9.84 Å². The monoisotopic (exact) mass is 217 g/mol. The minimum absolute atomic E-state index is 0.381. The molecule has 1 aliphatic carbocycles. The first-order chi connectivity index (χ1) is 6.55. The zero-order chi connectivity index (χ0) is 10.2. The first-order valence-corrected chi connectivity index (χ1v) is 7.27. The predicted molar refractivity (Wildman–Crippen MR) is 57.0 cm³/mol. The topological polar surface area (TPSA) is 46.2 Å². The van der Waals surface area contributed by atoms with E-state index in [4.69, 9.17) is 0 Å². The zero-order valence-electron chi connectivity index (χ0n) is 8.75. The Morgan fingerprint density at radius 2 is 2.14 bits per heavy atom. The van der Waals surface area contributed by atoms with Crippen molar-refractivity contribution in [2.75, 3.05) is 18.6 Å². The van der Waals surface area contributed by atoms with Gasteiger partial charge in [0, 0.05) is 5.54 Å². The Morgan fingerprint density at radius 1 is 1.43 bits per heavy atom. The molecule has 0 aromatic carbocycles. The van der Waals surface area contributed by atoms with Gasteiger partial charge in [0.15, 0.2) is 9.84 Å². The van der Waals surface area contributed by atoms with E-state index in [0.29, 0.717) is 23.0 Å². The average Bonchev–Trinajstić information content (AvgIpc) is 2.84. The molecule has 1 atom stereocenters. The van der Waals surface area contributed by atoms with Crippen LogP contribution in [-0.2, 0) is 9.84 Å². The van der Waals surface area contributed by atoms with E-state index in [1.165, 1.54) is 12.8 Å². The Hall–Kier alpha value is -0.0900. The second kappa shape index (κ2) is 3.49. The van der Waals surface area contributed by atoms with E-state index in [9.17, 15) is 8.42 Å². The Kier molecular flexibility index (Phi) is 2.60. The summed E-state index contributed by atoms with van der Waals surface area (Å²) in [6.45, 7) is 0. The normalized spacial score (nSPS) is 33.1. The van der Waals surface area contributed by atoms with Crippen molar-refractivity contribution in [3.8, 4) is 0 Å². The van der Waals surface area contributed by atoms with E-state index in [1.807, 2.05) is 7.05 Å². The molecule has 1 N–H and O–H groups in total. The highest BCUT2D eigenvalue weighted by Crippen LogP contribution is 2.41. The average molecular weight is 217 g/mol. The van der Waals surface area contributed by atoms with Crippen LogP contribution in [0.1, 0.15) is 32.1 Å². The molecule has 1 aliphatic heterocycles. The fourth-order valence-corrected chi connectivity index (χ4v) is 4.27. The van der Waals surface area contributed by atoms with Crippen LogP contribution in [0.5, 0.6) is 0 Å². The molecule has 0 spiro atoms. The third kappa shape index (κ3) is 2.28. The van der Waals surface area contributed by atoms with Crippen molar-refractivity contribution in [2.45, 2.75) is 37.6 Å². The van der Waals surface area contributed by atoms with Crippen molar-refractivity contribution in [2.24, 2.45) is 5.92 Å². The molecular weight excluding hydrogens is 198 g/mol. The lowest BCUT2D eigenvalue weighted by molar-refractivity contribution is 0.426. The van der Waals surface area contributed by atoms with Gasteiger partial charge in [-0.05, 0) is 45.1 Å². The standard InChI is InChI=1S/C10H19NO2S/c1-11-10(5-6-10)4-2-9-3-7-14(12,13)8-9/h9,11H,2-8H2,1H3. The van der Waals surface area contributed by atoms with Gasteiger partial charge in [-0.2, -0.15) is 0 Å². The lowest BCUT2D eigenvalue weighted by Crippen LogP contribution is -2.27. The zero-order valence-corrected chi connectivity index (χ0v) is 9.57. The molecule has 1 unspecified atom stereocenters. The van der Waals surface area contributed by atoms with E-state index in [1.54, 1.807) is 0 Å². The fraction of sp³-hybridized carbons (Fsp3) is 1.00. The molecule has 0 aromatic rings. The van der Waals surface area contributed by atoms with Gasteiger partial charge in [-0.3, -0.25) is 0 Å². The molecule has 0 radical (unpaired) electrons. The Balaban J connectivity index is 1.77. The lowest BCUT2D eigenvalue weighted by atomic mass is 9.98. The van der Waals surface area contributed by atoms with Crippen LogP contribution in [0, 0.1) is 5.92 Å². The van der Waals surface area contributed by atoms with E-state index in [0.717, 1.165) is 19.3 Å². The molecule has 2 fully saturated rings. The summed E-state index contributed by atoms with van der Waals surface area (Å²) >= 11 is 0. The lowest BCUT2D eigenvalue weighted by Gasteiger charge is -2.15. The molecule has 0 amide bonds. The second-order valence-corrected chi connectivity index (χ2v) is 7.07. The fourth-order valence-electron chi connectivity index (χ4n) is 2.36. The van der Waals surface area contributed by atoms with E-state index in [-0.39, 0.29) is 0 Å². The molecule has 1 heterocycles. The minimum Gasteiger partial charge on any atom is -0.314 e. The van der Waals surface area contributed by atoms with Crippen LogP contribution in [0.3, 0.4) is 0 Å². The SMILES string of the molecule is CNC1(CCC2CCS(=O)(=O)C2)CC1. The van der Waals surface area contributed by atoms with Crippen LogP contribution in [0.2, 0.25) is 0 Å². The quantitative estimate of drug-likeness (QED) is 0.762. The van der Waals surface area contributed by atoms with Crippen LogP contribution in [0.25, 0.3) is 0 Å². The summed E-state index contributed by atoms with van der Waals surface area (Å²) in [6.07, 6.45) is 5.66. The van der Waals surface area contributed by atoms with Gasteiger partial charge in [-0.25, -0.2) is 8.42 Å². The van der Waals surface area contributed by atoms with Gasteiger partial charge in [-0.1, -0.05) is 0 Å². The van der Waals surface area contributed by atoms with Crippen LogP contribution in [0.15, 0.2) is 0 Å². The smallest absolute Gasteiger partial charge is 0.150 e. The van der Waals surface area contributed by atoms with Crippen molar-refractivity contribution in [3.63, 3.8) is 0 Å². The number of rotatable bonds is 4. The highest BCUT2D eigenvalue weighted by atomic mass is 32.2. The highest BCUT2D eigenvalue weighted by Gasteiger charge is 2.41. The van der Waals surface area contributed by atoms with Gasteiger partial charge in [-0.15, -0.1) is 0 Å². The maximum Gasteiger partial charge on any atom is 0.150 e. The van der Waals surface area contributed by atoms with Gasteiger partial charge in [0.25, 0.3) is 0 Å². The molecule has 0 bridgehead atoms. The third-order valence-electron chi connectivity index (χ3n) is 3.74. The van der Waals surface area contributed by atoms with Gasteiger partial charge in [0.2, 0.25) is 0 Å². The highest BCUT2D eigenvalue weighted by molar-refractivity contribution is 7.91. The Morgan fingerprint density at radius 3 is 2.57 bits per heavy atom. The molecular formula is C10H19NO2S. The molecule has 2 rings (SSSR count). The number of hydrogen-bond donors (Lipinski definition) is 1. The summed E-state index contributed by atoms with van der Waals surface area (Å²) in [5.41, 5.74) is 0.381. The van der Waals surface area contributed by atoms with Crippen LogP contribution in [-0.4, -0.2) is 32.5 Å². The summed E-state index contributed by atoms with van der Waals surface area (Å²) in [4.78, 5) is 0. The van der Waals surface area contributed by atoms with Gasteiger partial charge < -0.3 is 5.32 Å². The first kappa shape index (κ1) is 10.4. The minimum atomic E-state index is -2.67. The van der Waals surface area contributed by atoms with Crippen molar-refractivity contribution < 1.29 is 8.42 Å². The largest absolute Gasteiger partial charge is 0.314 e. The van der Waals surface area contributed by atoms with Gasteiger partial charge >= 0.3 is 0 Å². The van der Waals surface area contributed by atoms with Gasteiger partial charge in [0.1, 0.15) is 0 Å². The molecule has 0 aromatic heterocycles. The maximum absolute atomic E-state index is 11.2.